The van der Waals surface area contributed by atoms with Gasteiger partial charge in [-0.3, -0.25) is 9.59 Å². The van der Waals surface area contributed by atoms with Gasteiger partial charge in [0.1, 0.15) is 23.9 Å². The summed E-state index contributed by atoms with van der Waals surface area (Å²) in [7, 11) is 0. The van der Waals surface area contributed by atoms with Crippen LogP contribution in [0.1, 0.15) is 36.5 Å². The van der Waals surface area contributed by atoms with Crippen molar-refractivity contribution < 1.29 is 36.0 Å². The summed E-state index contributed by atoms with van der Waals surface area (Å²) >= 11 is 0. The molecule has 2 aliphatic rings. The molecule has 1 amide bonds. The monoisotopic (exact) mass is 633 g/mol. The summed E-state index contributed by atoms with van der Waals surface area (Å²) in [4.78, 5) is 32.2. The highest BCUT2D eigenvalue weighted by Gasteiger charge is 2.31. The van der Waals surface area contributed by atoms with Gasteiger partial charge in [-0.05, 0) is 37.3 Å². The number of nitrogens with one attached hydrogen (secondary N) is 1. The van der Waals surface area contributed by atoms with Crippen molar-refractivity contribution in [2.75, 3.05) is 31.1 Å². The molecule has 238 valence electrons. The van der Waals surface area contributed by atoms with E-state index in [4.69, 9.17) is 10.6 Å². The van der Waals surface area contributed by atoms with E-state index in [-0.39, 0.29) is 78.7 Å². The Bertz CT molecular complexity index is 1790. The number of oxime groups is 1. The molecule has 0 saturated carbocycles. The molecule has 1 atom stereocenters. The minimum Gasteiger partial charge on any atom is -0.394 e. The second kappa shape index (κ2) is 12.3. The summed E-state index contributed by atoms with van der Waals surface area (Å²) in [5.41, 5.74) is 3.23. The van der Waals surface area contributed by atoms with Crippen LogP contribution in [0, 0.1) is 11.6 Å². The fourth-order valence-electron chi connectivity index (χ4n) is 5.29. The van der Waals surface area contributed by atoms with Crippen molar-refractivity contribution in [2.24, 2.45) is 10.9 Å². The Morgan fingerprint density at radius 3 is 2.62 bits per heavy atom. The number of piperazine rings is 1. The minimum absolute atomic E-state index is 0.00681. The number of aromatic nitrogens is 1. The standard InChI is InChI=1S/C31H29F6N5O3/c1-30(34)7-2-3-18(14-30)6-10-45-40-29(38)22-16-42(15-19-4-5-20(11-23(19)32)31(35,36)37)25-13-26(24(33)12-21(25)28(22)44)41-9-8-39-27(43)17-41/h2-5,7,11-13,16H,6,8-10,14-15,17H2,1H3,(H2,38,40)(H,39,43). The second-order valence-electron chi connectivity index (χ2n) is 11.1. The Balaban J connectivity index is 1.52. The molecule has 8 nitrogen and oxygen atoms in total. The number of rotatable bonds is 8. The van der Waals surface area contributed by atoms with Gasteiger partial charge in [0.05, 0.1) is 35.4 Å². The molecule has 1 aliphatic carbocycles. The number of hydrogen-bond acceptors (Lipinski definition) is 5. The van der Waals surface area contributed by atoms with Crippen LogP contribution in [0.3, 0.4) is 0 Å². The summed E-state index contributed by atoms with van der Waals surface area (Å²) < 4.78 is 85.3. The van der Waals surface area contributed by atoms with Crippen molar-refractivity contribution in [3.8, 4) is 0 Å². The Kier molecular flexibility index (Phi) is 8.68. The molecular formula is C31H29F6N5O3. The minimum atomic E-state index is -4.76. The molecule has 3 N–H and O–H groups in total. The number of benzene rings is 2. The summed E-state index contributed by atoms with van der Waals surface area (Å²) in [5.74, 6) is -2.66. The third kappa shape index (κ3) is 7.15. The predicted molar refractivity (Wildman–Crippen MR) is 157 cm³/mol. The van der Waals surface area contributed by atoms with E-state index in [1.807, 2.05) is 0 Å². The van der Waals surface area contributed by atoms with Crippen LogP contribution in [-0.2, 0) is 22.4 Å². The molecule has 2 aromatic carbocycles. The summed E-state index contributed by atoms with van der Waals surface area (Å²) in [6.07, 6.45) is 1.80. The van der Waals surface area contributed by atoms with Crippen molar-refractivity contribution in [3.63, 3.8) is 0 Å². The normalized spacial score (nSPS) is 19.1. The Hall–Kier alpha value is -4.75. The fraction of sp³-hybridized carbons (Fsp3) is 0.323. The van der Waals surface area contributed by atoms with Crippen LogP contribution in [0.2, 0.25) is 0 Å². The molecule has 2 heterocycles. The van der Waals surface area contributed by atoms with E-state index in [2.05, 4.69) is 10.5 Å². The number of allylic oxidation sites excluding steroid dienone is 3. The van der Waals surface area contributed by atoms with Crippen LogP contribution in [0.25, 0.3) is 10.9 Å². The first-order chi connectivity index (χ1) is 21.2. The van der Waals surface area contributed by atoms with E-state index in [9.17, 15) is 31.5 Å². The summed E-state index contributed by atoms with van der Waals surface area (Å²) in [6, 6.07) is 4.36. The number of amides is 1. The Labute approximate surface area is 253 Å². The van der Waals surface area contributed by atoms with Gasteiger partial charge in [0.25, 0.3) is 0 Å². The zero-order valence-electron chi connectivity index (χ0n) is 24.1. The van der Waals surface area contributed by atoms with Crippen molar-refractivity contribution in [2.45, 2.75) is 38.2 Å². The molecule has 1 unspecified atom stereocenters. The second-order valence-corrected chi connectivity index (χ2v) is 11.1. The molecular weight excluding hydrogens is 604 g/mol. The number of halogens is 6. The first-order valence-electron chi connectivity index (χ1n) is 14.0. The quantitative estimate of drug-likeness (QED) is 0.121. The molecule has 0 spiro atoms. The first kappa shape index (κ1) is 31.7. The lowest BCUT2D eigenvalue weighted by Crippen LogP contribution is -2.48. The van der Waals surface area contributed by atoms with Gasteiger partial charge in [0.15, 0.2) is 5.84 Å². The maximum Gasteiger partial charge on any atom is 0.416 e. The SMILES string of the molecule is CC1(F)C=CC=C(CCO/N=C(\N)c2cn(Cc3ccc(C(F)(F)F)cc3F)c3cc(N4CCNC(=O)C4)c(F)cc3c2=O)C1. The molecule has 1 saturated heterocycles. The average Bonchev–Trinajstić information content (AvgIpc) is 2.96. The van der Waals surface area contributed by atoms with Gasteiger partial charge >= 0.3 is 6.18 Å². The van der Waals surface area contributed by atoms with Crippen LogP contribution >= 0.6 is 0 Å². The van der Waals surface area contributed by atoms with E-state index in [0.717, 1.165) is 23.8 Å². The molecule has 5 rings (SSSR count). The lowest BCUT2D eigenvalue weighted by atomic mass is 9.92. The maximum atomic E-state index is 15.4. The number of alkyl halides is 4. The van der Waals surface area contributed by atoms with Crippen molar-refractivity contribution >= 4 is 28.3 Å². The summed E-state index contributed by atoms with van der Waals surface area (Å²) in [6.45, 7) is 1.48. The maximum absolute atomic E-state index is 15.4. The molecule has 0 bridgehead atoms. The third-order valence-electron chi connectivity index (χ3n) is 7.55. The van der Waals surface area contributed by atoms with E-state index < -0.39 is 34.5 Å². The fourth-order valence-corrected chi connectivity index (χ4v) is 5.29. The highest BCUT2D eigenvalue weighted by atomic mass is 19.4. The van der Waals surface area contributed by atoms with E-state index >= 15 is 4.39 Å². The van der Waals surface area contributed by atoms with Gasteiger partial charge in [-0.25, -0.2) is 13.2 Å². The average molecular weight is 634 g/mol. The number of amidine groups is 1. The molecule has 0 radical (unpaired) electrons. The molecule has 45 heavy (non-hydrogen) atoms. The van der Waals surface area contributed by atoms with Gasteiger partial charge in [-0.1, -0.05) is 28.9 Å². The van der Waals surface area contributed by atoms with Gasteiger partial charge in [-0.2, -0.15) is 13.2 Å². The topological polar surface area (TPSA) is 102 Å². The van der Waals surface area contributed by atoms with Crippen LogP contribution in [0.4, 0.5) is 32.0 Å². The van der Waals surface area contributed by atoms with E-state index in [1.54, 1.807) is 12.2 Å². The zero-order valence-corrected chi connectivity index (χ0v) is 24.1. The Morgan fingerprint density at radius 1 is 1.16 bits per heavy atom. The number of fused-ring (bicyclic) bond motifs is 1. The number of pyridine rings is 1. The van der Waals surface area contributed by atoms with Crippen LogP contribution < -0.4 is 21.4 Å². The van der Waals surface area contributed by atoms with Crippen molar-refractivity contribution in [1.82, 2.24) is 9.88 Å². The molecule has 3 aromatic rings. The highest BCUT2D eigenvalue weighted by molar-refractivity contribution is 6.00. The number of anilines is 1. The third-order valence-corrected chi connectivity index (χ3v) is 7.55. The van der Waals surface area contributed by atoms with Gasteiger partial charge in [0.2, 0.25) is 11.3 Å². The zero-order chi connectivity index (χ0) is 32.5. The molecule has 1 fully saturated rings. The lowest BCUT2D eigenvalue weighted by Gasteiger charge is -2.29. The predicted octanol–water partition coefficient (Wildman–Crippen LogP) is 4.92. The van der Waals surface area contributed by atoms with Crippen LogP contribution in [0.15, 0.2) is 70.3 Å². The lowest BCUT2D eigenvalue weighted by molar-refractivity contribution is -0.137. The van der Waals surface area contributed by atoms with Crippen molar-refractivity contribution in [3.05, 3.63) is 98.9 Å². The number of nitrogens with zero attached hydrogens (tertiary/aromatic N) is 3. The number of carbonyl (C=O) groups excluding carboxylic acids is 1. The van der Waals surface area contributed by atoms with E-state index in [1.165, 1.54) is 34.7 Å². The largest absolute Gasteiger partial charge is 0.416 e. The molecule has 14 heteroatoms. The smallest absolute Gasteiger partial charge is 0.394 e. The number of nitrogens with two attached hydrogens (primary N) is 1. The number of hydrogen-bond donors (Lipinski definition) is 2. The first-order valence-corrected chi connectivity index (χ1v) is 14.0. The number of carbonyl (C=O) groups is 1. The van der Waals surface area contributed by atoms with Crippen LogP contribution in [0.5, 0.6) is 0 Å². The van der Waals surface area contributed by atoms with Gasteiger partial charge < -0.3 is 25.4 Å². The van der Waals surface area contributed by atoms with E-state index in [0.29, 0.717) is 12.5 Å². The molecule has 1 aliphatic heterocycles. The Morgan fingerprint density at radius 2 is 1.93 bits per heavy atom. The highest BCUT2D eigenvalue weighted by Crippen LogP contribution is 2.31. The van der Waals surface area contributed by atoms with Crippen LogP contribution in [-0.4, -0.2) is 48.2 Å². The van der Waals surface area contributed by atoms with Crippen molar-refractivity contribution in [1.29, 1.82) is 0 Å². The van der Waals surface area contributed by atoms with Gasteiger partial charge in [0, 0.05) is 43.1 Å². The molecule has 1 aromatic heterocycles. The van der Waals surface area contributed by atoms with Gasteiger partial charge in [-0.15, -0.1) is 0 Å². The summed E-state index contributed by atoms with van der Waals surface area (Å²) in [5, 5.41) is 6.27.